The fourth-order valence-corrected chi connectivity index (χ4v) is 9.24. The number of carbonyl (C=O) groups is 2. The molecular formula is C40H47FN8O3. The van der Waals surface area contributed by atoms with Crippen molar-refractivity contribution >= 4 is 40.0 Å². The first-order valence-corrected chi connectivity index (χ1v) is 19.0. The van der Waals surface area contributed by atoms with Crippen LogP contribution in [0.2, 0.25) is 0 Å². The van der Waals surface area contributed by atoms with Gasteiger partial charge in [0.2, 0.25) is 11.8 Å². The Hall–Kier alpha value is -4.42. The van der Waals surface area contributed by atoms with Crippen molar-refractivity contribution in [3.8, 4) is 11.3 Å². The van der Waals surface area contributed by atoms with Crippen molar-refractivity contribution < 1.29 is 18.7 Å². The monoisotopic (exact) mass is 706 g/mol. The average Bonchev–Trinajstić information content (AvgIpc) is 3.66. The molecule has 7 heterocycles. The van der Waals surface area contributed by atoms with Gasteiger partial charge in [-0.2, -0.15) is 0 Å². The summed E-state index contributed by atoms with van der Waals surface area (Å²) in [6.07, 6.45) is 11.5. The van der Waals surface area contributed by atoms with E-state index in [1.807, 2.05) is 22.5 Å². The van der Waals surface area contributed by atoms with Gasteiger partial charge in [-0.3, -0.25) is 14.6 Å². The molecule has 2 amide bonds. The molecule has 0 bridgehead atoms. The van der Waals surface area contributed by atoms with Crippen molar-refractivity contribution in [2.24, 2.45) is 5.41 Å². The number of amides is 2. The minimum Gasteiger partial charge on any atom is -0.379 e. The number of fused-ring (bicyclic) bond motifs is 3. The molecule has 0 radical (unpaired) electrons. The number of benzene rings is 1. The van der Waals surface area contributed by atoms with Gasteiger partial charge in [-0.15, -0.1) is 0 Å². The van der Waals surface area contributed by atoms with E-state index in [1.165, 1.54) is 25.5 Å². The van der Waals surface area contributed by atoms with E-state index in [0.29, 0.717) is 56.7 Å². The summed E-state index contributed by atoms with van der Waals surface area (Å²) >= 11 is 0. The standard InChI is InChI=1S/C40H47FN8O3/c1-25(2)48-24-43-33-20-32(45-36(35(33)48)44-31-9-12-42-21-30(31)41)26-7-8-29-34(17-26)49(28-18-27(19-28)46-13-5-4-6-14-46)38(51)40(29)10-15-47(16-11-40)37(50)39(3)22-52-23-39/h7-9,12,17,20-21,24-25,27-28H,4-6,10-11,13-16,18-19,22-23H2,1-3H3,(H,42,44,45)/t27-,28+. The van der Waals surface area contributed by atoms with Crippen molar-refractivity contribution in [2.75, 3.05) is 49.6 Å². The number of hydrogen-bond donors (Lipinski definition) is 1. The fourth-order valence-electron chi connectivity index (χ4n) is 9.24. The molecule has 5 aliphatic rings. The van der Waals surface area contributed by atoms with Crippen molar-refractivity contribution in [2.45, 2.75) is 89.3 Å². The predicted molar refractivity (Wildman–Crippen MR) is 197 cm³/mol. The van der Waals surface area contributed by atoms with Crippen LogP contribution in [-0.4, -0.2) is 92.6 Å². The van der Waals surface area contributed by atoms with Gasteiger partial charge in [-0.25, -0.2) is 14.4 Å². The summed E-state index contributed by atoms with van der Waals surface area (Å²) < 4.78 is 22.3. The van der Waals surface area contributed by atoms with Crippen LogP contribution in [0.25, 0.3) is 22.3 Å². The Bertz CT molecular complexity index is 2040. The molecule has 1 spiro atoms. The number of imidazole rings is 1. The Morgan fingerprint density at radius 1 is 1.02 bits per heavy atom. The molecule has 11 nitrogen and oxygen atoms in total. The number of halogens is 1. The Labute approximate surface area is 303 Å². The summed E-state index contributed by atoms with van der Waals surface area (Å²) in [5.74, 6) is 0.329. The molecule has 1 aromatic carbocycles. The molecule has 0 atom stereocenters. The normalized spacial score (nSPS) is 23.9. The highest BCUT2D eigenvalue weighted by atomic mass is 19.1. The molecule has 1 saturated carbocycles. The van der Waals surface area contributed by atoms with Crippen LogP contribution in [0, 0.1) is 11.2 Å². The highest BCUT2D eigenvalue weighted by molar-refractivity contribution is 6.09. The first-order valence-electron chi connectivity index (χ1n) is 19.0. The van der Waals surface area contributed by atoms with E-state index >= 15 is 0 Å². The lowest BCUT2D eigenvalue weighted by atomic mass is 9.72. The quantitative estimate of drug-likeness (QED) is 0.242. The summed E-state index contributed by atoms with van der Waals surface area (Å²) in [4.78, 5) is 48.7. The van der Waals surface area contributed by atoms with Crippen molar-refractivity contribution in [3.05, 3.63) is 60.4 Å². The van der Waals surface area contributed by atoms with Crippen LogP contribution < -0.4 is 10.2 Å². The van der Waals surface area contributed by atoms with Crippen LogP contribution in [0.1, 0.15) is 77.3 Å². The molecule has 4 aromatic rings. The number of nitrogens with one attached hydrogen (secondary N) is 1. The van der Waals surface area contributed by atoms with Crippen LogP contribution in [0.3, 0.4) is 0 Å². The summed E-state index contributed by atoms with van der Waals surface area (Å²) in [6.45, 7) is 10.4. The fraction of sp³-hybridized carbons (Fsp3) is 0.525. The average molecular weight is 707 g/mol. The summed E-state index contributed by atoms with van der Waals surface area (Å²) in [7, 11) is 0. The molecule has 0 unspecified atom stereocenters. The third kappa shape index (κ3) is 5.31. The molecule has 52 heavy (non-hydrogen) atoms. The van der Waals surface area contributed by atoms with Gasteiger partial charge in [0.25, 0.3) is 0 Å². The smallest absolute Gasteiger partial charge is 0.238 e. The number of anilines is 3. The molecule has 4 fully saturated rings. The summed E-state index contributed by atoms with van der Waals surface area (Å²) in [5.41, 5.74) is 4.23. The van der Waals surface area contributed by atoms with E-state index in [9.17, 15) is 14.0 Å². The van der Waals surface area contributed by atoms with E-state index in [2.05, 4.69) is 52.1 Å². The number of likely N-dealkylation sites (tertiary alicyclic amines) is 2. The zero-order valence-electron chi connectivity index (χ0n) is 30.3. The first kappa shape index (κ1) is 33.4. The van der Waals surface area contributed by atoms with Crippen molar-refractivity contribution in [3.63, 3.8) is 0 Å². The Morgan fingerprint density at radius 2 is 1.79 bits per heavy atom. The number of carbonyl (C=O) groups excluding carboxylic acids is 2. The number of rotatable bonds is 7. The van der Waals surface area contributed by atoms with Crippen LogP contribution in [-0.2, 0) is 19.7 Å². The number of hydrogen-bond acceptors (Lipinski definition) is 8. The molecule has 3 saturated heterocycles. The number of ether oxygens (including phenoxy) is 1. The predicted octanol–water partition coefficient (Wildman–Crippen LogP) is 6.22. The van der Waals surface area contributed by atoms with Crippen LogP contribution in [0.4, 0.5) is 21.6 Å². The second kappa shape index (κ2) is 12.6. The van der Waals surface area contributed by atoms with E-state index in [-0.39, 0.29) is 29.6 Å². The van der Waals surface area contributed by atoms with E-state index in [4.69, 9.17) is 14.7 Å². The van der Waals surface area contributed by atoms with Crippen LogP contribution >= 0.6 is 0 Å². The Balaban J connectivity index is 1.09. The zero-order chi connectivity index (χ0) is 35.8. The molecule has 12 heteroatoms. The van der Waals surface area contributed by atoms with Gasteiger partial charge in [-0.05, 0) is 96.1 Å². The molecule has 4 aliphatic heterocycles. The topological polar surface area (TPSA) is 109 Å². The lowest BCUT2D eigenvalue weighted by Crippen LogP contribution is -2.59. The Morgan fingerprint density at radius 3 is 2.48 bits per heavy atom. The Kier molecular flexibility index (Phi) is 8.11. The van der Waals surface area contributed by atoms with Gasteiger partial charge in [0.15, 0.2) is 11.6 Å². The van der Waals surface area contributed by atoms with Gasteiger partial charge in [0.1, 0.15) is 5.52 Å². The molecule has 3 aromatic heterocycles. The molecule has 272 valence electrons. The third-order valence-corrected chi connectivity index (χ3v) is 12.5. The van der Waals surface area contributed by atoms with Crippen LogP contribution in [0.5, 0.6) is 0 Å². The maximum atomic E-state index is 14.9. The lowest BCUT2D eigenvalue weighted by Gasteiger charge is -2.48. The molecule has 1 aliphatic carbocycles. The number of pyridine rings is 2. The highest BCUT2D eigenvalue weighted by Gasteiger charge is 2.56. The van der Waals surface area contributed by atoms with E-state index in [1.54, 1.807) is 18.6 Å². The zero-order valence-corrected chi connectivity index (χ0v) is 30.3. The molecule has 9 rings (SSSR count). The maximum absolute atomic E-state index is 14.9. The van der Waals surface area contributed by atoms with Gasteiger partial charge in [0, 0.05) is 48.7 Å². The van der Waals surface area contributed by atoms with Crippen LogP contribution in [0.15, 0.2) is 49.1 Å². The summed E-state index contributed by atoms with van der Waals surface area (Å²) in [5, 5.41) is 3.23. The lowest BCUT2D eigenvalue weighted by molar-refractivity contribution is -0.170. The van der Waals surface area contributed by atoms with E-state index in [0.717, 1.165) is 53.8 Å². The maximum Gasteiger partial charge on any atom is 0.238 e. The SMILES string of the molecule is CC(C)n1cnc2cc(-c3ccc4c(c3)N([C@H]3C[C@@H](N5CCCCC5)C3)C(=O)C43CCN(C(=O)C4(C)COC4)CC3)nc(Nc3ccncc3F)c21. The number of nitrogens with zero attached hydrogens (tertiary/aromatic N) is 7. The number of piperidine rings is 2. The second-order valence-electron chi connectivity index (χ2n) is 16.2. The largest absolute Gasteiger partial charge is 0.379 e. The van der Waals surface area contributed by atoms with E-state index < -0.39 is 16.6 Å². The third-order valence-electron chi connectivity index (χ3n) is 12.5. The highest BCUT2D eigenvalue weighted by Crippen LogP contribution is 2.52. The minimum absolute atomic E-state index is 0.110. The van der Waals surface area contributed by atoms with Gasteiger partial charge < -0.3 is 29.3 Å². The molecular weight excluding hydrogens is 659 g/mol. The number of aromatic nitrogens is 4. The minimum atomic E-state index is -0.670. The van der Waals surface area contributed by atoms with Gasteiger partial charge >= 0.3 is 0 Å². The van der Waals surface area contributed by atoms with Gasteiger partial charge in [0.05, 0.1) is 53.5 Å². The van der Waals surface area contributed by atoms with Gasteiger partial charge in [-0.1, -0.05) is 18.6 Å². The van der Waals surface area contributed by atoms with Crippen molar-refractivity contribution in [1.29, 1.82) is 0 Å². The summed E-state index contributed by atoms with van der Waals surface area (Å²) in [6, 6.07) is 10.6. The second-order valence-corrected chi connectivity index (χ2v) is 16.2. The van der Waals surface area contributed by atoms with Crippen molar-refractivity contribution in [1.82, 2.24) is 29.3 Å². The molecule has 1 N–H and O–H groups in total. The first-order chi connectivity index (χ1) is 25.1.